The summed E-state index contributed by atoms with van der Waals surface area (Å²) < 4.78 is 38.3. The zero-order chi connectivity index (χ0) is 19.7. The summed E-state index contributed by atoms with van der Waals surface area (Å²) in [5.41, 5.74) is 0.712. The molecular weight excluding hydrogens is 422 g/mol. The second-order valence-corrected chi connectivity index (χ2v) is 9.30. The van der Waals surface area contributed by atoms with Crippen molar-refractivity contribution < 1.29 is 17.4 Å². The Morgan fingerprint density at radius 2 is 2.07 bits per heavy atom. The van der Waals surface area contributed by atoms with Crippen LogP contribution in [0.15, 0.2) is 62.6 Å². The van der Waals surface area contributed by atoms with Crippen LogP contribution < -0.4 is 4.72 Å². The third kappa shape index (κ3) is 3.88. The van der Waals surface area contributed by atoms with Crippen LogP contribution in [0.3, 0.4) is 0 Å². The van der Waals surface area contributed by atoms with Gasteiger partial charge in [-0.15, -0.1) is 11.3 Å². The summed E-state index contributed by atoms with van der Waals surface area (Å²) in [6.07, 6.45) is 1.49. The van der Waals surface area contributed by atoms with Gasteiger partial charge in [0.05, 0.1) is 22.6 Å². The normalized spacial score (nSPS) is 11.8. The molecule has 0 aliphatic rings. The highest BCUT2D eigenvalue weighted by Gasteiger charge is 2.23. The van der Waals surface area contributed by atoms with Gasteiger partial charge in [-0.05, 0) is 37.3 Å². The van der Waals surface area contributed by atoms with E-state index < -0.39 is 10.0 Å². The molecule has 3 heterocycles. The van der Waals surface area contributed by atoms with Crippen LogP contribution in [0.4, 0.5) is 0 Å². The van der Waals surface area contributed by atoms with E-state index in [-0.39, 0.29) is 17.3 Å². The van der Waals surface area contributed by atoms with E-state index in [2.05, 4.69) is 14.9 Å². The number of furan rings is 1. The highest BCUT2D eigenvalue weighted by Crippen LogP contribution is 2.33. The van der Waals surface area contributed by atoms with Gasteiger partial charge in [-0.2, -0.15) is 4.98 Å². The Balaban J connectivity index is 1.59. The number of thiophene rings is 1. The van der Waals surface area contributed by atoms with Gasteiger partial charge >= 0.3 is 0 Å². The zero-order valence-electron chi connectivity index (χ0n) is 14.5. The van der Waals surface area contributed by atoms with Crippen LogP contribution in [0.2, 0.25) is 5.02 Å². The Labute approximate surface area is 170 Å². The number of halogens is 1. The van der Waals surface area contributed by atoms with Crippen LogP contribution in [0.25, 0.3) is 22.2 Å². The molecule has 0 fully saturated rings. The van der Waals surface area contributed by atoms with Crippen molar-refractivity contribution in [2.24, 2.45) is 0 Å². The van der Waals surface area contributed by atoms with Gasteiger partial charge in [0.25, 0.3) is 5.89 Å². The molecular formula is C18H14ClN3O4S2. The standard InChI is InChI=1S/C18H14ClN3O4S2/c1-11-16(28(23,24)20-10-14-6-3-7-25-14)9-15(27-11)18-21-17(22-26-18)12-4-2-5-13(19)8-12/h2-9,20H,10H2,1H3. The predicted octanol–water partition coefficient (Wildman–Crippen LogP) is 4.50. The lowest BCUT2D eigenvalue weighted by atomic mass is 10.2. The molecule has 0 radical (unpaired) electrons. The first-order valence-corrected chi connectivity index (χ1v) is 10.8. The predicted molar refractivity (Wildman–Crippen MR) is 106 cm³/mol. The van der Waals surface area contributed by atoms with Crippen molar-refractivity contribution in [3.05, 3.63) is 64.4 Å². The number of hydrogen-bond donors (Lipinski definition) is 1. The van der Waals surface area contributed by atoms with Crippen molar-refractivity contribution in [1.29, 1.82) is 0 Å². The maximum absolute atomic E-state index is 12.6. The van der Waals surface area contributed by atoms with Crippen LogP contribution in [0.5, 0.6) is 0 Å². The minimum atomic E-state index is -3.71. The van der Waals surface area contributed by atoms with Gasteiger partial charge in [-0.25, -0.2) is 13.1 Å². The maximum atomic E-state index is 12.6. The first-order valence-electron chi connectivity index (χ1n) is 8.15. The lowest BCUT2D eigenvalue weighted by molar-refractivity contribution is 0.433. The van der Waals surface area contributed by atoms with Crippen molar-refractivity contribution in [2.45, 2.75) is 18.4 Å². The Kier molecular flexibility index (Phi) is 5.07. The molecule has 144 valence electrons. The molecule has 0 unspecified atom stereocenters. The van der Waals surface area contributed by atoms with Crippen LogP contribution in [-0.2, 0) is 16.6 Å². The number of aromatic nitrogens is 2. The van der Waals surface area contributed by atoms with Crippen molar-refractivity contribution in [3.8, 4) is 22.2 Å². The summed E-state index contributed by atoms with van der Waals surface area (Å²) in [6, 6.07) is 12.0. The molecule has 10 heteroatoms. The number of hydrogen-bond acceptors (Lipinski definition) is 7. The first-order chi connectivity index (χ1) is 13.4. The summed E-state index contributed by atoms with van der Waals surface area (Å²) in [5.74, 6) is 1.15. The highest BCUT2D eigenvalue weighted by molar-refractivity contribution is 7.89. The number of benzene rings is 1. The minimum Gasteiger partial charge on any atom is -0.468 e. The largest absolute Gasteiger partial charge is 0.468 e. The van der Waals surface area contributed by atoms with Gasteiger partial charge < -0.3 is 8.94 Å². The summed E-state index contributed by atoms with van der Waals surface area (Å²) in [6.45, 7) is 1.79. The highest BCUT2D eigenvalue weighted by atomic mass is 35.5. The molecule has 0 aliphatic carbocycles. The molecule has 0 aliphatic heterocycles. The van der Waals surface area contributed by atoms with Gasteiger partial charge in [-0.1, -0.05) is 28.9 Å². The lowest BCUT2D eigenvalue weighted by Crippen LogP contribution is -2.23. The number of aryl methyl sites for hydroxylation is 1. The number of nitrogens with one attached hydrogen (secondary N) is 1. The van der Waals surface area contributed by atoms with Gasteiger partial charge in [-0.3, -0.25) is 0 Å². The van der Waals surface area contributed by atoms with E-state index in [1.54, 1.807) is 37.3 Å². The van der Waals surface area contributed by atoms with E-state index in [4.69, 9.17) is 20.5 Å². The molecule has 4 aromatic rings. The summed E-state index contributed by atoms with van der Waals surface area (Å²) in [4.78, 5) is 5.71. The molecule has 1 N–H and O–H groups in total. The average molecular weight is 436 g/mol. The molecule has 0 atom stereocenters. The van der Waals surface area contributed by atoms with Crippen LogP contribution >= 0.6 is 22.9 Å². The lowest BCUT2D eigenvalue weighted by Gasteiger charge is -2.04. The Morgan fingerprint density at radius 3 is 2.82 bits per heavy atom. The van der Waals surface area contributed by atoms with E-state index in [0.717, 1.165) is 0 Å². The SMILES string of the molecule is Cc1sc(-c2nc(-c3cccc(Cl)c3)no2)cc1S(=O)(=O)NCc1ccco1. The molecule has 0 saturated carbocycles. The van der Waals surface area contributed by atoms with Gasteiger partial charge in [0.15, 0.2) is 0 Å². The average Bonchev–Trinajstić information content (AvgIpc) is 3.40. The maximum Gasteiger partial charge on any atom is 0.268 e. The second-order valence-electron chi connectivity index (χ2n) is 5.87. The van der Waals surface area contributed by atoms with Gasteiger partial charge in [0.1, 0.15) is 5.76 Å². The molecule has 0 amide bonds. The molecule has 3 aromatic heterocycles. The zero-order valence-corrected chi connectivity index (χ0v) is 16.9. The fourth-order valence-corrected chi connectivity index (χ4v) is 5.26. The third-order valence-corrected chi connectivity index (χ3v) is 6.83. The van der Waals surface area contributed by atoms with Crippen LogP contribution in [0, 0.1) is 6.92 Å². The smallest absolute Gasteiger partial charge is 0.268 e. The number of nitrogens with zero attached hydrogens (tertiary/aromatic N) is 2. The molecule has 28 heavy (non-hydrogen) atoms. The molecule has 0 saturated heterocycles. The Bertz CT molecular complexity index is 1210. The van der Waals surface area contributed by atoms with E-state index in [0.29, 0.717) is 31.9 Å². The van der Waals surface area contributed by atoms with E-state index in [1.807, 2.05) is 6.07 Å². The Morgan fingerprint density at radius 1 is 1.21 bits per heavy atom. The molecule has 0 spiro atoms. The van der Waals surface area contributed by atoms with Crippen molar-refractivity contribution in [2.75, 3.05) is 0 Å². The summed E-state index contributed by atoms with van der Waals surface area (Å²) >= 11 is 7.26. The summed E-state index contributed by atoms with van der Waals surface area (Å²) in [7, 11) is -3.71. The molecule has 7 nitrogen and oxygen atoms in total. The van der Waals surface area contributed by atoms with E-state index in [1.165, 1.54) is 23.7 Å². The monoisotopic (exact) mass is 435 g/mol. The van der Waals surface area contributed by atoms with Gasteiger partial charge in [0.2, 0.25) is 15.8 Å². The van der Waals surface area contributed by atoms with Crippen LogP contribution in [0.1, 0.15) is 10.6 Å². The van der Waals surface area contributed by atoms with Crippen molar-refractivity contribution in [3.63, 3.8) is 0 Å². The second kappa shape index (κ2) is 7.51. The van der Waals surface area contributed by atoms with Crippen LogP contribution in [-0.4, -0.2) is 18.6 Å². The van der Waals surface area contributed by atoms with E-state index >= 15 is 0 Å². The molecule has 0 bridgehead atoms. The number of sulfonamides is 1. The van der Waals surface area contributed by atoms with Crippen molar-refractivity contribution >= 4 is 33.0 Å². The third-order valence-electron chi connectivity index (χ3n) is 3.90. The minimum absolute atomic E-state index is 0.0689. The quantitative estimate of drug-likeness (QED) is 0.478. The van der Waals surface area contributed by atoms with E-state index in [9.17, 15) is 8.42 Å². The van der Waals surface area contributed by atoms with Gasteiger partial charge in [0, 0.05) is 15.5 Å². The summed E-state index contributed by atoms with van der Waals surface area (Å²) in [5, 5.41) is 4.52. The topological polar surface area (TPSA) is 98.2 Å². The van der Waals surface area contributed by atoms with Crippen molar-refractivity contribution in [1.82, 2.24) is 14.9 Å². The molecule has 1 aromatic carbocycles. The first kappa shape index (κ1) is 18.9. The fourth-order valence-electron chi connectivity index (χ4n) is 2.56. The number of rotatable bonds is 6. The fraction of sp³-hybridized carbons (Fsp3) is 0.111. The molecule has 4 rings (SSSR count). The Hall–Kier alpha value is -2.46.